The first-order valence-corrected chi connectivity index (χ1v) is 7.28. The lowest BCUT2D eigenvalue weighted by molar-refractivity contribution is 0.0382. The summed E-state index contributed by atoms with van der Waals surface area (Å²) in [6.45, 7) is 2.27. The summed E-state index contributed by atoms with van der Waals surface area (Å²) in [5.74, 6) is 2.56. The molecule has 1 aromatic rings. The van der Waals surface area contributed by atoms with Crippen LogP contribution in [0.1, 0.15) is 50.6 Å². The molecule has 104 valence electrons. The highest BCUT2D eigenvalue weighted by molar-refractivity contribution is 5.44. The lowest BCUT2D eigenvalue weighted by atomic mass is 9.85. The molecule has 19 heavy (non-hydrogen) atoms. The summed E-state index contributed by atoms with van der Waals surface area (Å²) >= 11 is 0. The maximum atomic E-state index is 6.37. The van der Waals surface area contributed by atoms with Gasteiger partial charge in [0.25, 0.3) is 0 Å². The molecule has 1 spiro atoms. The van der Waals surface area contributed by atoms with E-state index in [0.29, 0.717) is 0 Å². The second kappa shape index (κ2) is 4.71. The van der Waals surface area contributed by atoms with Gasteiger partial charge in [0, 0.05) is 24.1 Å². The number of ether oxygens (including phenoxy) is 2. The Morgan fingerprint density at radius 2 is 2.26 bits per heavy atom. The van der Waals surface area contributed by atoms with Crippen molar-refractivity contribution >= 4 is 0 Å². The third-order valence-electron chi connectivity index (χ3n) is 4.78. The van der Waals surface area contributed by atoms with Crippen LogP contribution in [-0.2, 0) is 0 Å². The summed E-state index contributed by atoms with van der Waals surface area (Å²) in [5.41, 5.74) is 7.45. The molecule has 3 nitrogen and oxygen atoms in total. The second-order valence-corrected chi connectivity index (χ2v) is 6.02. The maximum absolute atomic E-state index is 6.37. The average molecular weight is 261 g/mol. The van der Waals surface area contributed by atoms with Crippen LogP contribution in [0.15, 0.2) is 18.2 Å². The number of hydrogen-bond donors (Lipinski definition) is 1. The lowest BCUT2D eigenvalue weighted by Crippen LogP contribution is -2.40. The predicted octanol–water partition coefficient (Wildman–Crippen LogP) is 3.43. The Labute approximate surface area is 115 Å². The Morgan fingerprint density at radius 3 is 2.95 bits per heavy atom. The number of benzene rings is 1. The number of rotatable bonds is 2. The van der Waals surface area contributed by atoms with Crippen LogP contribution in [0, 0.1) is 5.92 Å². The van der Waals surface area contributed by atoms with Gasteiger partial charge >= 0.3 is 0 Å². The van der Waals surface area contributed by atoms with E-state index in [-0.39, 0.29) is 11.6 Å². The van der Waals surface area contributed by atoms with Gasteiger partial charge in [0.2, 0.25) is 0 Å². The number of nitrogens with two attached hydrogens (primary N) is 1. The molecule has 2 N–H and O–H groups in total. The van der Waals surface area contributed by atoms with Crippen molar-refractivity contribution in [1.29, 1.82) is 0 Å². The van der Waals surface area contributed by atoms with Crippen LogP contribution in [0.4, 0.5) is 0 Å². The van der Waals surface area contributed by atoms with Gasteiger partial charge < -0.3 is 15.2 Å². The monoisotopic (exact) mass is 261 g/mol. The predicted molar refractivity (Wildman–Crippen MR) is 75.5 cm³/mol. The molecule has 1 heterocycles. The Hall–Kier alpha value is -1.22. The summed E-state index contributed by atoms with van der Waals surface area (Å²) in [7, 11) is 1.68. The summed E-state index contributed by atoms with van der Waals surface area (Å²) in [6.07, 6.45) is 5.74. The van der Waals surface area contributed by atoms with E-state index in [1.807, 2.05) is 18.2 Å². The van der Waals surface area contributed by atoms with Gasteiger partial charge in [-0.2, -0.15) is 0 Å². The molecule has 1 aromatic carbocycles. The van der Waals surface area contributed by atoms with Gasteiger partial charge in [-0.1, -0.05) is 19.4 Å². The smallest absolute Gasteiger partial charge is 0.128 e. The standard InChI is InChI=1S/C16H23NO2/c1-3-11-6-7-16(9-11)10-14(17)13-5-4-12(18-2)8-15(13)19-16/h4-5,8,11,14H,3,6-7,9-10,17H2,1-2H3/t11?,14-,16?/m0/s1. The molecule has 0 aromatic heterocycles. The minimum atomic E-state index is -0.0283. The second-order valence-electron chi connectivity index (χ2n) is 6.02. The molecule has 0 radical (unpaired) electrons. The fourth-order valence-electron chi connectivity index (χ4n) is 3.65. The Bertz CT molecular complexity index is 474. The van der Waals surface area contributed by atoms with Crippen molar-refractivity contribution in [2.45, 2.75) is 50.7 Å². The minimum Gasteiger partial charge on any atom is -0.497 e. The number of hydrogen-bond acceptors (Lipinski definition) is 3. The van der Waals surface area contributed by atoms with Crippen LogP contribution < -0.4 is 15.2 Å². The molecule has 1 saturated carbocycles. The Morgan fingerprint density at radius 1 is 1.42 bits per heavy atom. The molecule has 3 atom stereocenters. The topological polar surface area (TPSA) is 44.5 Å². The molecule has 2 aliphatic rings. The van der Waals surface area contributed by atoms with Crippen LogP contribution >= 0.6 is 0 Å². The van der Waals surface area contributed by atoms with Crippen LogP contribution in [0.2, 0.25) is 0 Å². The number of fused-ring (bicyclic) bond motifs is 1. The molecular formula is C16H23NO2. The summed E-state index contributed by atoms with van der Waals surface area (Å²) in [5, 5.41) is 0. The third kappa shape index (κ3) is 2.20. The van der Waals surface area contributed by atoms with Gasteiger partial charge in [-0.05, 0) is 31.2 Å². The lowest BCUT2D eigenvalue weighted by Gasteiger charge is -2.39. The normalized spacial score (nSPS) is 33.0. The summed E-state index contributed by atoms with van der Waals surface area (Å²) < 4.78 is 11.7. The average Bonchev–Trinajstić information content (AvgIpc) is 2.80. The molecule has 0 saturated heterocycles. The highest BCUT2D eigenvalue weighted by Crippen LogP contribution is 2.49. The zero-order valence-corrected chi connectivity index (χ0v) is 11.8. The molecule has 2 unspecified atom stereocenters. The summed E-state index contributed by atoms with van der Waals surface area (Å²) in [4.78, 5) is 0. The van der Waals surface area contributed by atoms with E-state index < -0.39 is 0 Å². The minimum absolute atomic E-state index is 0.0283. The molecule has 0 bridgehead atoms. The van der Waals surface area contributed by atoms with E-state index in [4.69, 9.17) is 15.2 Å². The van der Waals surface area contributed by atoms with E-state index in [2.05, 4.69) is 6.92 Å². The SMILES string of the molecule is CCC1CCC2(C1)C[C@H](N)c1ccc(OC)cc1O2. The van der Waals surface area contributed by atoms with Crippen molar-refractivity contribution < 1.29 is 9.47 Å². The first kappa shape index (κ1) is 12.8. The molecule has 1 fully saturated rings. The van der Waals surface area contributed by atoms with E-state index in [1.54, 1.807) is 7.11 Å². The first-order valence-electron chi connectivity index (χ1n) is 7.28. The van der Waals surface area contributed by atoms with Gasteiger partial charge in [-0.15, -0.1) is 0 Å². The zero-order valence-electron chi connectivity index (χ0n) is 11.8. The largest absolute Gasteiger partial charge is 0.497 e. The van der Waals surface area contributed by atoms with Crippen LogP contribution in [0.5, 0.6) is 11.5 Å². The first-order chi connectivity index (χ1) is 9.15. The van der Waals surface area contributed by atoms with Crippen molar-refractivity contribution in [3.05, 3.63) is 23.8 Å². The van der Waals surface area contributed by atoms with E-state index in [1.165, 1.54) is 12.8 Å². The van der Waals surface area contributed by atoms with Crippen LogP contribution in [0.3, 0.4) is 0 Å². The number of methoxy groups -OCH3 is 1. The van der Waals surface area contributed by atoms with Crippen LogP contribution in [-0.4, -0.2) is 12.7 Å². The maximum Gasteiger partial charge on any atom is 0.128 e. The van der Waals surface area contributed by atoms with Gasteiger partial charge in [-0.25, -0.2) is 0 Å². The molecule has 3 heteroatoms. The quantitative estimate of drug-likeness (QED) is 0.887. The van der Waals surface area contributed by atoms with Crippen molar-refractivity contribution in [2.24, 2.45) is 11.7 Å². The van der Waals surface area contributed by atoms with Gasteiger partial charge in [0.15, 0.2) is 0 Å². The molecular weight excluding hydrogens is 238 g/mol. The van der Waals surface area contributed by atoms with Crippen molar-refractivity contribution in [3.8, 4) is 11.5 Å². The van der Waals surface area contributed by atoms with Crippen LogP contribution in [0.25, 0.3) is 0 Å². The zero-order chi connectivity index (χ0) is 13.5. The van der Waals surface area contributed by atoms with Gasteiger partial charge in [0.05, 0.1) is 7.11 Å². The molecule has 0 amide bonds. The van der Waals surface area contributed by atoms with Crippen molar-refractivity contribution in [3.63, 3.8) is 0 Å². The van der Waals surface area contributed by atoms with E-state index in [9.17, 15) is 0 Å². The van der Waals surface area contributed by atoms with Gasteiger partial charge in [0.1, 0.15) is 17.1 Å². The fraction of sp³-hybridized carbons (Fsp3) is 0.625. The summed E-state index contributed by atoms with van der Waals surface area (Å²) in [6, 6.07) is 6.07. The van der Waals surface area contributed by atoms with E-state index >= 15 is 0 Å². The Balaban J connectivity index is 1.90. The highest BCUT2D eigenvalue weighted by Gasteiger charge is 2.45. The molecule has 3 rings (SSSR count). The molecule has 1 aliphatic heterocycles. The van der Waals surface area contributed by atoms with Crippen molar-refractivity contribution in [1.82, 2.24) is 0 Å². The van der Waals surface area contributed by atoms with Gasteiger partial charge in [-0.3, -0.25) is 0 Å². The van der Waals surface area contributed by atoms with E-state index in [0.717, 1.165) is 42.2 Å². The highest BCUT2D eigenvalue weighted by atomic mass is 16.5. The van der Waals surface area contributed by atoms with Crippen molar-refractivity contribution in [2.75, 3.05) is 7.11 Å². The Kier molecular flexibility index (Phi) is 3.17. The fourth-order valence-corrected chi connectivity index (χ4v) is 3.65. The molecule has 1 aliphatic carbocycles. The third-order valence-corrected chi connectivity index (χ3v) is 4.78.